The van der Waals surface area contributed by atoms with E-state index in [2.05, 4.69) is 5.32 Å². The number of anilines is 1. The van der Waals surface area contributed by atoms with Crippen LogP contribution in [0.1, 0.15) is 31.4 Å². The molecule has 8 nitrogen and oxygen atoms in total. The second kappa shape index (κ2) is 15.3. The fraction of sp³-hybridized carbons (Fsp3) is 0.257. The second-order valence-electron chi connectivity index (χ2n) is 10.7. The summed E-state index contributed by atoms with van der Waals surface area (Å²) in [6.07, 6.45) is 0.795. The topological polar surface area (TPSA) is 96.0 Å². The summed E-state index contributed by atoms with van der Waals surface area (Å²) < 4.78 is 49.3. The molecule has 2 atom stereocenters. The number of hydrogen-bond acceptors (Lipinski definition) is 5. The van der Waals surface area contributed by atoms with Crippen LogP contribution in [-0.4, -0.2) is 50.9 Å². The zero-order chi connectivity index (χ0) is 32.4. The van der Waals surface area contributed by atoms with Crippen LogP contribution in [0.5, 0.6) is 5.75 Å². The van der Waals surface area contributed by atoms with Gasteiger partial charge in [0.25, 0.3) is 10.0 Å². The van der Waals surface area contributed by atoms with Gasteiger partial charge in [-0.25, -0.2) is 12.8 Å². The van der Waals surface area contributed by atoms with Crippen molar-refractivity contribution >= 4 is 27.5 Å². The largest absolute Gasteiger partial charge is 0.497 e. The van der Waals surface area contributed by atoms with Gasteiger partial charge in [0.2, 0.25) is 11.8 Å². The van der Waals surface area contributed by atoms with Crippen LogP contribution in [0.25, 0.3) is 0 Å². The molecule has 4 aromatic rings. The van der Waals surface area contributed by atoms with Crippen molar-refractivity contribution < 1.29 is 27.1 Å². The number of nitrogens with zero attached hydrogens (tertiary/aromatic N) is 2. The Hall–Kier alpha value is -4.70. The summed E-state index contributed by atoms with van der Waals surface area (Å²) in [6, 6.07) is 28.1. The lowest BCUT2D eigenvalue weighted by atomic mass is 10.0. The molecule has 45 heavy (non-hydrogen) atoms. The highest BCUT2D eigenvalue weighted by atomic mass is 32.2. The van der Waals surface area contributed by atoms with Gasteiger partial charge in [-0.15, -0.1) is 0 Å². The summed E-state index contributed by atoms with van der Waals surface area (Å²) >= 11 is 0. The highest BCUT2D eigenvalue weighted by molar-refractivity contribution is 7.92. The maximum absolute atomic E-state index is 15.0. The number of nitrogens with one attached hydrogen (secondary N) is 1. The molecule has 0 aromatic heterocycles. The third kappa shape index (κ3) is 8.48. The predicted molar refractivity (Wildman–Crippen MR) is 173 cm³/mol. The van der Waals surface area contributed by atoms with Crippen molar-refractivity contribution in [1.29, 1.82) is 0 Å². The summed E-state index contributed by atoms with van der Waals surface area (Å²) in [5, 5.41) is 2.97. The van der Waals surface area contributed by atoms with Crippen molar-refractivity contribution in [2.75, 3.05) is 18.0 Å². The molecule has 0 heterocycles. The van der Waals surface area contributed by atoms with Crippen molar-refractivity contribution in [3.05, 3.63) is 126 Å². The molecule has 0 radical (unpaired) electrons. The van der Waals surface area contributed by atoms with Crippen LogP contribution in [-0.2, 0) is 32.6 Å². The lowest BCUT2D eigenvalue weighted by molar-refractivity contribution is -0.140. The van der Waals surface area contributed by atoms with E-state index in [1.54, 1.807) is 60.7 Å². The van der Waals surface area contributed by atoms with E-state index < -0.39 is 40.2 Å². The van der Waals surface area contributed by atoms with Gasteiger partial charge in [-0.05, 0) is 61.4 Å². The summed E-state index contributed by atoms with van der Waals surface area (Å²) in [6.45, 7) is 2.90. The molecule has 0 saturated carbocycles. The molecule has 0 bridgehead atoms. The van der Waals surface area contributed by atoms with Crippen LogP contribution in [0.4, 0.5) is 10.1 Å². The van der Waals surface area contributed by atoms with Crippen LogP contribution in [0.2, 0.25) is 0 Å². The Balaban J connectivity index is 1.81. The van der Waals surface area contributed by atoms with E-state index >= 15 is 4.39 Å². The average Bonchev–Trinajstić information content (AvgIpc) is 3.06. The molecule has 0 aliphatic heterocycles. The zero-order valence-corrected chi connectivity index (χ0v) is 26.4. The highest BCUT2D eigenvalue weighted by Gasteiger charge is 2.35. The van der Waals surface area contributed by atoms with Crippen LogP contribution in [0.3, 0.4) is 0 Å². The zero-order valence-electron chi connectivity index (χ0n) is 25.6. The normalized spacial score (nSPS) is 12.5. The Morgan fingerprint density at radius 1 is 0.867 bits per heavy atom. The van der Waals surface area contributed by atoms with Crippen molar-refractivity contribution in [3.8, 4) is 5.75 Å². The third-order valence-electron chi connectivity index (χ3n) is 7.54. The minimum absolute atomic E-state index is 0.00961. The summed E-state index contributed by atoms with van der Waals surface area (Å²) in [4.78, 5) is 29.5. The summed E-state index contributed by atoms with van der Waals surface area (Å²) in [5.74, 6) is -1.12. The molecule has 2 unspecified atom stereocenters. The third-order valence-corrected chi connectivity index (χ3v) is 9.33. The van der Waals surface area contributed by atoms with E-state index in [9.17, 15) is 18.0 Å². The number of halogens is 1. The van der Waals surface area contributed by atoms with Gasteiger partial charge in [0.15, 0.2) is 0 Å². The Kier molecular flexibility index (Phi) is 11.3. The Morgan fingerprint density at radius 2 is 1.47 bits per heavy atom. The van der Waals surface area contributed by atoms with Gasteiger partial charge in [0.1, 0.15) is 24.2 Å². The van der Waals surface area contributed by atoms with Crippen LogP contribution in [0.15, 0.2) is 114 Å². The van der Waals surface area contributed by atoms with Crippen molar-refractivity contribution in [2.45, 2.75) is 50.2 Å². The van der Waals surface area contributed by atoms with E-state index in [0.717, 1.165) is 9.87 Å². The first kappa shape index (κ1) is 33.2. The van der Waals surface area contributed by atoms with Gasteiger partial charge in [-0.1, -0.05) is 73.7 Å². The standard InChI is InChI=1S/C35H38FN3O5S/c1-4-26(2)37-35(41)33(23-27-13-7-5-8-14-27)38(24-28-15-11-12-18-32(28)36)34(40)25-39(29-19-21-30(44-3)22-20-29)45(42,43)31-16-9-6-10-17-31/h5-22,26,33H,4,23-25H2,1-3H3,(H,37,41). The number of carbonyl (C=O) groups excluding carboxylic acids is 2. The van der Waals surface area contributed by atoms with Crippen LogP contribution < -0.4 is 14.4 Å². The SMILES string of the molecule is CCC(C)NC(=O)C(Cc1ccccc1)N(Cc1ccccc1F)C(=O)CN(c1ccc(OC)cc1)S(=O)(=O)c1ccccc1. The minimum atomic E-state index is -4.24. The van der Waals surface area contributed by atoms with Gasteiger partial charge in [0, 0.05) is 24.6 Å². The van der Waals surface area contributed by atoms with Gasteiger partial charge in [-0.3, -0.25) is 13.9 Å². The van der Waals surface area contributed by atoms with E-state index in [1.165, 1.54) is 30.2 Å². The number of carbonyl (C=O) groups is 2. The lowest BCUT2D eigenvalue weighted by Crippen LogP contribution is -2.54. The number of hydrogen-bond donors (Lipinski definition) is 1. The number of benzene rings is 4. The number of amides is 2. The Morgan fingerprint density at radius 3 is 2.07 bits per heavy atom. The quantitative estimate of drug-likeness (QED) is 0.196. The summed E-state index contributed by atoms with van der Waals surface area (Å²) in [7, 11) is -2.75. The van der Waals surface area contributed by atoms with E-state index in [4.69, 9.17) is 4.74 Å². The lowest BCUT2D eigenvalue weighted by Gasteiger charge is -2.34. The van der Waals surface area contributed by atoms with Gasteiger partial charge >= 0.3 is 0 Å². The van der Waals surface area contributed by atoms with Crippen molar-refractivity contribution in [3.63, 3.8) is 0 Å². The second-order valence-corrected chi connectivity index (χ2v) is 12.5. The maximum Gasteiger partial charge on any atom is 0.264 e. The monoisotopic (exact) mass is 631 g/mol. The molecule has 4 aromatic carbocycles. The van der Waals surface area contributed by atoms with E-state index in [0.29, 0.717) is 12.2 Å². The predicted octanol–water partition coefficient (Wildman–Crippen LogP) is 5.58. The molecule has 0 saturated heterocycles. The molecule has 1 N–H and O–H groups in total. The number of sulfonamides is 1. The molecule has 0 spiro atoms. The first-order valence-corrected chi connectivity index (χ1v) is 16.2. The van der Waals surface area contributed by atoms with Crippen molar-refractivity contribution in [2.24, 2.45) is 0 Å². The average molecular weight is 632 g/mol. The fourth-order valence-corrected chi connectivity index (χ4v) is 6.24. The van der Waals surface area contributed by atoms with Crippen LogP contribution in [0, 0.1) is 5.82 Å². The molecule has 0 aliphatic carbocycles. The molecule has 236 valence electrons. The molecule has 10 heteroatoms. The van der Waals surface area contributed by atoms with Gasteiger partial charge in [0.05, 0.1) is 17.7 Å². The first-order chi connectivity index (χ1) is 21.6. The molecule has 0 fully saturated rings. The fourth-order valence-electron chi connectivity index (χ4n) is 4.80. The van der Waals surface area contributed by atoms with E-state index in [1.807, 2.05) is 44.2 Å². The molecule has 0 aliphatic rings. The summed E-state index contributed by atoms with van der Waals surface area (Å²) in [5.41, 5.74) is 1.21. The molecular weight excluding hydrogens is 593 g/mol. The van der Waals surface area contributed by atoms with Crippen molar-refractivity contribution in [1.82, 2.24) is 10.2 Å². The highest BCUT2D eigenvalue weighted by Crippen LogP contribution is 2.27. The Labute approximate surface area is 264 Å². The smallest absolute Gasteiger partial charge is 0.264 e. The number of rotatable bonds is 14. The molecule has 2 amide bonds. The number of ether oxygens (including phenoxy) is 1. The minimum Gasteiger partial charge on any atom is -0.497 e. The van der Waals surface area contributed by atoms with Crippen LogP contribution >= 0.6 is 0 Å². The molecular formula is C35H38FN3O5S. The van der Waals surface area contributed by atoms with Gasteiger partial charge in [-0.2, -0.15) is 0 Å². The first-order valence-electron chi connectivity index (χ1n) is 14.7. The molecule has 4 rings (SSSR count). The number of methoxy groups -OCH3 is 1. The Bertz CT molecular complexity index is 1670. The maximum atomic E-state index is 15.0. The van der Waals surface area contributed by atoms with Gasteiger partial charge < -0.3 is 15.0 Å². The van der Waals surface area contributed by atoms with E-state index in [-0.39, 0.29) is 35.2 Å².